The average Bonchev–Trinajstić information content (AvgIpc) is 2.57. The predicted molar refractivity (Wildman–Crippen MR) is 83.7 cm³/mol. The molecule has 0 spiro atoms. The molecule has 0 bridgehead atoms. The largest absolute Gasteiger partial charge is 0.296 e. The Morgan fingerprint density at radius 3 is 2.50 bits per heavy atom. The number of ketones is 1. The van der Waals surface area contributed by atoms with E-state index in [1.807, 2.05) is 30.3 Å². The third kappa shape index (κ3) is 5.24. The van der Waals surface area contributed by atoms with Crippen LogP contribution in [0.1, 0.15) is 42.5 Å². The lowest BCUT2D eigenvalue weighted by Gasteiger charge is -2.31. The lowest BCUT2D eigenvalue weighted by Crippen LogP contribution is -2.37. The third-order valence-corrected chi connectivity index (χ3v) is 4.31. The molecule has 0 aromatic heterocycles. The topological polar surface area (TPSA) is 69.6 Å². The van der Waals surface area contributed by atoms with Gasteiger partial charge in [-0.25, -0.2) is 5.48 Å². The summed E-state index contributed by atoms with van der Waals surface area (Å²) in [5, 5.41) is 8.45. The first kappa shape index (κ1) is 16.6. The second-order valence-electron chi connectivity index (χ2n) is 5.94. The highest BCUT2D eigenvalue weighted by Gasteiger charge is 2.21. The number of hydrogen-bond donors (Lipinski definition) is 2. The van der Waals surface area contributed by atoms with Gasteiger partial charge >= 0.3 is 0 Å². The van der Waals surface area contributed by atoms with Gasteiger partial charge in [-0.2, -0.15) is 0 Å². The van der Waals surface area contributed by atoms with Crippen molar-refractivity contribution in [3.05, 3.63) is 35.9 Å². The van der Waals surface area contributed by atoms with E-state index in [0.717, 1.165) is 44.3 Å². The molecule has 0 saturated carbocycles. The Hall–Kier alpha value is -1.72. The molecule has 22 heavy (non-hydrogen) atoms. The van der Waals surface area contributed by atoms with Crippen LogP contribution < -0.4 is 5.48 Å². The molecule has 0 aliphatic carbocycles. The summed E-state index contributed by atoms with van der Waals surface area (Å²) < 4.78 is 0. The molecule has 120 valence electrons. The average molecular weight is 304 g/mol. The van der Waals surface area contributed by atoms with E-state index in [4.69, 9.17) is 5.21 Å². The fourth-order valence-corrected chi connectivity index (χ4v) is 2.96. The molecule has 0 atom stereocenters. The van der Waals surface area contributed by atoms with Gasteiger partial charge in [0.15, 0.2) is 5.78 Å². The van der Waals surface area contributed by atoms with E-state index in [1.165, 1.54) is 0 Å². The summed E-state index contributed by atoms with van der Waals surface area (Å²) in [7, 11) is 0. The summed E-state index contributed by atoms with van der Waals surface area (Å²) in [6.07, 6.45) is 4.34. The van der Waals surface area contributed by atoms with Crippen molar-refractivity contribution in [2.75, 3.05) is 19.6 Å². The summed E-state index contributed by atoms with van der Waals surface area (Å²) in [6, 6.07) is 9.42. The van der Waals surface area contributed by atoms with Crippen LogP contribution in [-0.4, -0.2) is 41.4 Å². The van der Waals surface area contributed by atoms with Gasteiger partial charge in [0, 0.05) is 12.0 Å². The van der Waals surface area contributed by atoms with Gasteiger partial charge in [0.2, 0.25) is 5.91 Å². The zero-order valence-electron chi connectivity index (χ0n) is 12.8. The molecule has 0 radical (unpaired) electrons. The van der Waals surface area contributed by atoms with Crippen LogP contribution in [0.5, 0.6) is 0 Å². The van der Waals surface area contributed by atoms with Gasteiger partial charge < -0.3 is 0 Å². The summed E-state index contributed by atoms with van der Waals surface area (Å²) >= 11 is 0. The number of rotatable bonds is 7. The second-order valence-corrected chi connectivity index (χ2v) is 5.94. The highest BCUT2D eigenvalue weighted by molar-refractivity contribution is 5.97. The quantitative estimate of drug-likeness (QED) is 0.460. The number of nitrogens with zero attached hydrogens (tertiary/aromatic N) is 1. The van der Waals surface area contributed by atoms with Crippen LogP contribution >= 0.6 is 0 Å². The van der Waals surface area contributed by atoms with Crippen molar-refractivity contribution < 1.29 is 14.8 Å². The van der Waals surface area contributed by atoms with Crippen LogP contribution in [-0.2, 0) is 4.79 Å². The lowest BCUT2D eigenvalue weighted by molar-refractivity contribution is -0.129. The van der Waals surface area contributed by atoms with Crippen LogP contribution in [0.15, 0.2) is 30.3 Å². The van der Waals surface area contributed by atoms with Gasteiger partial charge in [-0.1, -0.05) is 30.3 Å². The highest BCUT2D eigenvalue weighted by Crippen LogP contribution is 2.22. The number of likely N-dealkylation sites (tertiary alicyclic amines) is 1. The number of Topliss-reactive ketones (excluding diaryl/α,β-unsaturated/α-hetero) is 1. The minimum Gasteiger partial charge on any atom is -0.296 e. The van der Waals surface area contributed by atoms with E-state index in [-0.39, 0.29) is 11.7 Å². The monoisotopic (exact) mass is 304 g/mol. The molecule has 1 aromatic carbocycles. The minimum absolute atomic E-state index is 0.179. The van der Waals surface area contributed by atoms with E-state index in [9.17, 15) is 9.59 Å². The van der Waals surface area contributed by atoms with Crippen molar-refractivity contribution in [3.63, 3.8) is 0 Å². The maximum absolute atomic E-state index is 12.2. The molecule has 1 heterocycles. The minimum atomic E-state index is -0.314. The first-order chi connectivity index (χ1) is 10.7. The van der Waals surface area contributed by atoms with E-state index >= 15 is 0 Å². The number of carbonyl (C=O) groups excluding carboxylic acids is 2. The Kier molecular flexibility index (Phi) is 6.55. The third-order valence-electron chi connectivity index (χ3n) is 4.31. The number of carbonyl (C=O) groups is 2. The van der Waals surface area contributed by atoms with Gasteiger partial charge in [-0.05, 0) is 44.7 Å². The van der Waals surface area contributed by atoms with Crippen molar-refractivity contribution in [3.8, 4) is 0 Å². The smallest absolute Gasteiger partial charge is 0.243 e. The number of hydrogen-bond acceptors (Lipinski definition) is 4. The van der Waals surface area contributed by atoms with E-state index in [0.29, 0.717) is 18.9 Å². The maximum atomic E-state index is 12.2. The van der Waals surface area contributed by atoms with Gasteiger partial charge in [-0.3, -0.25) is 19.7 Å². The Labute approximate surface area is 131 Å². The van der Waals surface area contributed by atoms with Gasteiger partial charge in [-0.15, -0.1) is 0 Å². The van der Waals surface area contributed by atoms with Gasteiger partial charge in [0.05, 0.1) is 6.54 Å². The van der Waals surface area contributed by atoms with E-state index in [2.05, 4.69) is 4.90 Å². The van der Waals surface area contributed by atoms with Crippen molar-refractivity contribution in [1.82, 2.24) is 10.4 Å². The van der Waals surface area contributed by atoms with Crippen molar-refractivity contribution in [1.29, 1.82) is 0 Å². The van der Waals surface area contributed by atoms with Crippen LogP contribution in [0, 0.1) is 5.92 Å². The molecule has 0 unspecified atom stereocenters. The molecular formula is C17H24N2O3. The fraction of sp³-hybridized carbons (Fsp3) is 0.529. The molecule has 1 amide bonds. The number of amides is 1. The van der Waals surface area contributed by atoms with Crippen LogP contribution in [0.3, 0.4) is 0 Å². The molecule has 5 heteroatoms. The molecule has 5 nitrogen and oxygen atoms in total. The fourth-order valence-electron chi connectivity index (χ4n) is 2.96. The molecule has 1 aliphatic heterocycles. The normalized spacial score (nSPS) is 16.4. The standard InChI is InChI=1S/C17H24N2O3/c20-16(15-6-2-1-3-7-15)13-19-11-9-14(10-12-19)5-4-8-17(21)18-22/h1-3,6-7,14,22H,4-5,8-13H2,(H,18,21). The molecule has 1 fully saturated rings. The summed E-state index contributed by atoms with van der Waals surface area (Å²) in [5.41, 5.74) is 2.44. The molecule has 1 saturated heterocycles. The summed E-state index contributed by atoms with van der Waals surface area (Å²) in [6.45, 7) is 2.37. The van der Waals surface area contributed by atoms with E-state index in [1.54, 1.807) is 5.48 Å². The highest BCUT2D eigenvalue weighted by atomic mass is 16.5. The van der Waals surface area contributed by atoms with Gasteiger partial charge in [0.25, 0.3) is 0 Å². The predicted octanol–water partition coefficient (Wildman–Crippen LogP) is 2.26. The van der Waals surface area contributed by atoms with Crippen molar-refractivity contribution >= 4 is 11.7 Å². The SMILES string of the molecule is O=C(CCCC1CCN(CC(=O)c2ccccc2)CC1)NO. The zero-order chi connectivity index (χ0) is 15.8. The Balaban J connectivity index is 1.67. The maximum Gasteiger partial charge on any atom is 0.243 e. The molecule has 2 rings (SSSR count). The number of hydroxylamine groups is 1. The van der Waals surface area contributed by atoms with E-state index < -0.39 is 0 Å². The zero-order valence-corrected chi connectivity index (χ0v) is 12.8. The first-order valence-electron chi connectivity index (χ1n) is 7.92. The van der Waals surface area contributed by atoms with Crippen LogP contribution in [0.4, 0.5) is 0 Å². The first-order valence-corrected chi connectivity index (χ1v) is 7.92. The van der Waals surface area contributed by atoms with Gasteiger partial charge in [0.1, 0.15) is 0 Å². The molecular weight excluding hydrogens is 280 g/mol. The summed E-state index contributed by atoms with van der Waals surface area (Å²) in [4.78, 5) is 25.3. The number of piperidine rings is 1. The Bertz CT molecular complexity index is 482. The van der Waals surface area contributed by atoms with Crippen LogP contribution in [0.25, 0.3) is 0 Å². The number of nitrogens with one attached hydrogen (secondary N) is 1. The molecule has 2 N–H and O–H groups in total. The second kappa shape index (κ2) is 8.66. The van der Waals surface area contributed by atoms with Crippen LogP contribution in [0.2, 0.25) is 0 Å². The van der Waals surface area contributed by atoms with Crippen molar-refractivity contribution in [2.45, 2.75) is 32.1 Å². The Morgan fingerprint density at radius 1 is 1.18 bits per heavy atom. The molecule has 1 aromatic rings. The lowest BCUT2D eigenvalue weighted by atomic mass is 9.91. The Morgan fingerprint density at radius 2 is 1.86 bits per heavy atom. The molecule has 1 aliphatic rings. The van der Waals surface area contributed by atoms with Crippen molar-refractivity contribution in [2.24, 2.45) is 5.92 Å². The number of benzene rings is 1. The summed E-state index contributed by atoms with van der Waals surface area (Å²) in [5.74, 6) is 0.485.